The Bertz CT molecular complexity index is 992. The van der Waals surface area contributed by atoms with Crippen LogP contribution in [0.1, 0.15) is 22.6 Å². The molecule has 2 heterocycles. The number of benzene rings is 1. The molecule has 0 spiro atoms. The van der Waals surface area contributed by atoms with Crippen LogP contribution in [0.3, 0.4) is 0 Å². The van der Waals surface area contributed by atoms with Gasteiger partial charge in [-0.3, -0.25) is 4.72 Å². The SMILES string of the molecule is Cc1cccnc1NS(=O)(=O)c1ccc(OCc2c(C)noc2C)cc1. The molecule has 7 nitrogen and oxygen atoms in total. The zero-order valence-electron chi connectivity index (χ0n) is 14.7. The molecule has 3 aromatic rings. The summed E-state index contributed by atoms with van der Waals surface area (Å²) in [7, 11) is -3.72. The fourth-order valence-electron chi connectivity index (χ4n) is 2.36. The second-order valence-electron chi connectivity index (χ2n) is 5.84. The quantitative estimate of drug-likeness (QED) is 0.712. The number of anilines is 1. The molecule has 0 aliphatic rings. The summed E-state index contributed by atoms with van der Waals surface area (Å²) in [4.78, 5) is 4.18. The highest BCUT2D eigenvalue weighted by Gasteiger charge is 2.16. The maximum Gasteiger partial charge on any atom is 0.263 e. The predicted octanol–water partition coefficient (Wildman–Crippen LogP) is 3.37. The summed E-state index contributed by atoms with van der Waals surface area (Å²) in [6, 6.07) is 9.73. The van der Waals surface area contributed by atoms with Crippen molar-refractivity contribution < 1.29 is 17.7 Å². The van der Waals surface area contributed by atoms with Gasteiger partial charge >= 0.3 is 0 Å². The molecule has 0 amide bonds. The molecule has 0 unspecified atom stereocenters. The number of hydrogen-bond acceptors (Lipinski definition) is 6. The van der Waals surface area contributed by atoms with E-state index in [0.717, 1.165) is 16.8 Å². The Balaban J connectivity index is 1.71. The molecule has 0 radical (unpaired) electrons. The van der Waals surface area contributed by atoms with Gasteiger partial charge in [-0.05, 0) is 56.7 Å². The van der Waals surface area contributed by atoms with Crippen LogP contribution in [0, 0.1) is 20.8 Å². The van der Waals surface area contributed by atoms with Crippen molar-refractivity contribution in [2.24, 2.45) is 0 Å². The van der Waals surface area contributed by atoms with Gasteiger partial charge in [-0.25, -0.2) is 13.4 Å². The van der Waals surface area contributed by atoms with Crippen LogP contribution in [0.25, 0.3) is 0 Å². The van der Waals surface area contributed by atoms with Crippen molar-refractivity contribution in [3.8, 4) is 5.75 Å². The van der Waals surface area contributed by atoms with Crippen molar-refractivity contribution in [3.63, 3.8) is 0 Å². The van der Waals surface area contributed by atoms with E-state index in [1.165, 1.54) is 18.3 Å². The first-order chi connectivity index (χ1) is 12.4. The minimum Gasteiger partial charge on any atom is -0.489 e. The van der Waals surface area contributed by atoms with Crippen LogP contribution in [0.2, 0.25) is 0 Å². The van der Waals surface area contributed by atoms with Gasteiger partial charge in [0, 0.05) is 6.20 Å². The van der Waals surface area contributed by atoms with Crippen molar-refractivity contribution in [2.45, 2.75) is 32.3 Å². The van der Waals surface area contributed by atoms with Crippen LogP contribution in [0.15, 0.2) is 52.0 Å². The Morgan fingerprint density at radius 2 is 1.85 bits per heavy atom. The number of hydrogen-bond donors (Lipinski definition) is 1. The number of sulfonamides is 1. The molecule has 0 fully saturated rings. The molecule has 1 N–H and O–H groups in total. The molecule has 1 aromatic carbocycles. The normalized spacial score (nSPS) is 11.3. The Labute approximate surface area is 152 Å². The van der Waals surface area contributed by atoms with Crippen LogP contribution in [0.4, 0.5) is 5.82 Å². The summed E-state index contributed by atoms with van der Waals surface area (Å²) in [5.41, 5.74) is 2.40. The van der Waals surface area contributed by atoms with E-state index in [2.05, 4.69) is 14.9 Å². The molecule has 0 saturated carbocycles. The summed E-state index contributed by atoms with van der Waals surface area (Å²) < 4.78 is 38.2. The van der Waals surface area contributed by atoms with Gasteiger partial charge in [-0.1, -0.05) is 11.2 Å². The number of aromatic nitrogens is 2. The summed E-state index contributed by atoms with van der Waals surface area (Å²) >= 11 is 0. The highest BCUT2D eigenvalue weighted by Crippen LogP contribution is 2.21. The second-order valence-corrected chi connectivity index (χ2v) is 7.52. The van der Waals surface area contributed by atoms with Crippen molar-refractivity contribution in [1.29, 1.82) is 0 Å². The topological polar surface area (TPSA) is 94.3 Å². The van der Waals surface area contributed by atoms with Gasteiger partial charge in [0.15, 0.2) is 0 Å². The van der Waals surface area contributed by atoms with E-state index in [1.807, 2.05) is 13.8 Å². The number of aryl methyl sites for hydroxylation is 3. The van der Waals surface area contributed by atoms with Crippen molar-refractivity contribution in [1.82, 2.24) is 10.1 Å². The van der Waals surface area contributed by atoms with E-state index in [-0.39, 0.29) is 4.90 Å². The summed E-state index contributed by atoms with van der Waals surface area (Å²) in [6.07, 6.45) is 1.54. The Hall–Kier alpha value is -2.87. The third-order valence-corrected chi connectivity index (χ3v) is 5.29. The van der Waals surface area contributed by atoms with Gasteiger partial charge in [-0.2, -0.15) is 0 Å². The monoisotopic (exact) mass is 373 g/mol. The maximum atomic E-state index is 12.5. The molecule has 0 saturated heterocycles. The highest BCUT2D eigenvalue weighted by molar-refractivity contribution is 7.92. The van der Waals surface area contributed by atoms with Crippen LogP contribution in [-0.4, -0.2) is 18.6 Å². The average Bonchev–Trinajstić information content (AvgIpc) is 2.93. The van der Waals surface area contributed by atoms with E-state index >= 15 is 0 Å². The van der Waals surface area contributed by atoms with Crippen LogP contribution in [-0.2, 0) is 16.6 Å². The predicted molar refractivity (Wildman–Crippen MR) is 96.5 cm³/mol. The molecule has 0 aliphatic heterocycles. The molecular formula is C18H19N3O4S. The van der Waals surface area contributed by atoms with E-state index < -0.39 is 10.0 Å². The first-order valence-corrected chi connectivity index (χ1v) is 9.44. The van der Waals surface area contributed by atoms with E-state index in [4.69, 9.17) is 9.26 Å². The van der Waals surface area contributed by atoms with Gasteiger partial charge in [0.2, 0.25) is 0 Å². The highest BCUT2D eigenvalue weighted by atomic mass is 32.2. The lowest BCUT2D eigenvalue weighted by molar-refractivity contribution is 0.301. The number of pyridine rings is 1. The lowest BCUT2D eigenvalue weighted by Crippen LogP contribution is -2.14. The first-order valence-electron chi connectivity index (χ1n) is 7.96. The third kappa shape index (κ3) is 3.85. The Morgan fingerprint density at radius 1 is 1.12 bits per heavy atom. The number of rotatable bonds is 6. The largest absolute Gasteiger partial charge is 0.489 e. The summed E-state index contributed by atoms with van der Waals surface area (Å²) in [6.45, 7) is 5.75. The molecule has 2 aromatic heterocycles. The number of nitrogens with one attached hydrogen (secondary N) is 1. The lowest BCUT2D eigenvalue weighted by Gasteiger charge is -2.10. The smallest absolute Gasteiger partial charge is 0.263 e. The van der Waals surface area contributed by atoms with Crippen molar-refractivity contribution in [3.05, 3.63) is 65.2 Å². The molecule has 0 bridgehead atoms. The fourth-order valence-corrected chi connectivity index (χ4v) is 3.44. The molecule has 136 valence electrons. The van der Waals surface area contributed by atoms with E-state index in [0.29, 0.717) is 23.9 Å². The van der Waals surface area contributed by atoms with Gasteiger partial charge in [0.25, 0.3) is 10.0 Å². The van der Waals surface area contributed by atoms with Crippen molar-refractivity contribution >= 4 is 15.8 Å². The van der Waals surface area contributed by atoms with E-state index in [1.54, 1.807) is 31.2 Å². The second kappa shape index (κ2) is 7.17. The number of ether oxygens (including phenoxy) is 1. The average molecular weight is 373 g/mol. The summed E-state index contributed by atoms with van der Waals surface area (Å²) in [5.74, 6) is 1.57. The summed E-state index contributed by atoms with van der Waals surface area (Å²) in [5, 5.41) is 3.87. The Kier molecular flexibility index (Phi) is 4.94. The van der Waals surface area contributed by atoms with Crippen LogP contribution >= 0.6 is 0 Å². The zero-order chi connectivity index (χ0) is 18.7. The minimum atomic E-state index is -3.72. The molecule has 0 aliphatic carbocycles. The van der Waals surface area contributed by atoms with Crippen LogP contribution in [0.5, 0.6) is 5.75 Å². The standard InChI is InChI=1S/C18H19N3O4S/c1-12-5-4-10-19-18(12)21-26(22,23)16-8-6-15(7-9-16)24-11-17-13(2)20-25-14(17)3/h4-10H,11H2,1-3H3,(H,19,21). The maximum absolute atomic E-state index is 12.5. The third-order valence-electron chi connectivity index (χ3n) is 3.94. The molecule has 26 heavy (non-hydrogen) atoms. The van der Waals surface area contributed by atoms with Gasteiger partial charge < -0.3 is 9.26 Å². The van der Waals surface area contributed by atoms with Crippen LogP contribution < -0.4 is 9.46 Å². The minimum absolute atomic E-state index is 0.132. The molecule has 8 heteroatoms. The van der Waals surface area contributed by atoms with Crippen molar-refractivity contribution in [2.75, 3.05) is 4.72 Å². The molecular weight excluding hydrogens is 354 g/mol. The molecule has 0 atom stereocenters. The fraction of sp³-hybridized carbons (Fsp3) is 0.222. The lowest BCUT2D eigenvalue weighted by atomic mass is 10.2. The zero-order valence-corrected chi connectivity index (χ0v) is 15.5. The first kappa shape index (κ1) is 17.9. The van der Waals surface area contributed by atoms with E-state index in [9.17, 15) is 8.42 Å². The molecule has 3 rings (SSSR count). The van der Waals surface area contributed by atoms with Gasteiger partial charge in [-0.15, -0.1) is 0 Å². The van der Waals surface area contributed by atoms with Gasteiger partial charge in [0.05, 0.1) is 16.2 Å². The Morgan fingerprint density at radius 3 is 2.46 bits per heavy atom. The number of nitrogens with zero attached hydrogens (tertiary/aromatic N) is 2. The van der Waals surface area contributed by atoms with Gasteiger partial charge in [0.1, 0.15) is 23.9 Å².